The number of sulfone groups is 1. The Labute approximate surface area is 157 Å². The summed E-state index contributed by atoms with van der Waals surface area (Å²) in [5.41, 5.74) is 0.264. The summed E-state index contributed by atoms with van der Waals surface area (Å²) in [4.78, 5) is 23.6. The lowest BCUT2D eigenvalue weighted by Gasteiger charge is -2.26. The predicted octanol–water partition coefficient (Wildman–Crippen LogP) is 2.26. The third-order valence-corrected chi connectivity index (χ3v) is 5.89. The van der Waals surface area contributed by atoms with Crippen LogP contribution >= 0.6 is 0 Å². The van der Waals surface area contributed by atoms with Gasteiger partial charge in [-0.3, -0.25) is 14.2 Å². The molecule has 0 spiro atoms. The van der Waals surface area contributed by atoms with E-state index < -0.39 is 15.8 Å². The summed E-state index contributed by atoms with van der Waals surface area (Å²) < 4.78 is 30.3. The van der Waals surface area contributed by atoms with Crippen LogP contribution in [0.2, 0.25) is 0 Å². The number of carbonyl (C=O) groups is 1. The molecule has 0 amide bonds. The van der Waals surface area contributed by atoms with E-state index in [0.29, 0.717) is 37.1 Å². The number of aromatic nitrogens is 1. The summed E-state index contributed by atoms with van der Waals surface area (Å²) >= 11 is 0. The molecule has 1 aromatic heterocycles. The van der Waals surface area contributed by atoms with Crippen molar-refractivity contribution >= 4 is 15.8 Å². The van der Waals surface area contributed by atoms with E-state index >= 15 is 0 Å². The highest BCUT2D eigenvalue weighted by atomic mass is 32.2. The van der Waals surface area contributed by atoms with Gasteiger partial charge < -0.3 is 9.84 Å². The summed E-state index contributed by atoms with van der Waals surface area (Å²) in [6.07, 6.45) is 5.05. The Hall–Kier alpha value is -2.61. The van der Waals surface area contributed by atoms with E-state index in [1.807, 2.05) is 0 Å². The second-order valence-electron chi connectivity index (χ2n) is 6.77. The molecule has 1 N–H and O–H groups in total. The van der Waals surface area contributed by atoms with Crippen LogP contribution in [0.5, 0.6) is 5.75 Å². The maximum absolute atomic E-state index is 12.4. The van der Waals surface area contributed by atoms with E-state index in [0.717, 1.165) is 6.26 Å². The average molecular weight is 391 g/mol. The topological polar surface area (TPSA) is 103 Å². The van der Waals surface area contributed by atoms with Gasteiger partial charge >= 0.3 is 5.97 Å². The molecule has 0 unspecified atom stereocenters. The van der Waals surface area contributed by atoms with Crippen LogP contribution in [0.15, 0.2) is 52.3 Å². The molecule has 0 saturated heterocycles. The first-order valence-electron chi connectivity index (χ1n) is 8.67. The number of rotatable bonds is 5. The molecule has 0 atom stereocenters. The van der Waals surface area contributed by atoms with E-state index in [-0.39, 0.29) is 22.5 Å². The molecule has 1 fully saturated rings. The van der Waals surface area contributed by atoms with Gasteiger partial charge in [-0.15, -0.1) is 0 Å². The molecular formula is C19H21NO6S. The normalized spacial score (nSPS) is 20.2. The van der Waals surface area contributed by atoms with Crippen LogP contribution in [0.4, 0.5) is 0 Å². The number of carboxylic acids is 1. The number of pyridine rings is 1. The number of carboxylic acid groups (broad SMARTS) is 1. The smallest absolute Gasteiger partial charge is 0.306 e. The number of ether oxygens (including phenoxy) is 1. The highest BCUT2D eigenvalue weighted by Crippen LogP contribution is 2.27. The summed E-state index contributed by atoms with van der Waals surface area (Å²) in [5, 5.41) is 9.03. The quantitative estimate of drug-likeness (QED) is 0.839. The maximum Gasteiger partial charge on any atom is 0.306 e. The highest BCUT2D eigenvalue weighted by molar-refractivity contribution is 7.90. The monoisotopic (exact) mass is 391 g/mol. The average Bonchev–Trinajstić information content (AvgIpc) is 2.62. The molecule has 27 heavy (non-hydrogen) atoms. The van der Waals surface area contributed by atoms with Crippen LogP contribution in [-0.4, -0.2) is 36.4 Å². The van der Waals surface area contributed by atoms with Crippen LogP contribution in [-0.2, 0) is 14.6 Å². The third-order valence-electron chi connectivity index (χ3n) is 4.76. The maximum atomic E-state index is 12.4. The van der Waals surface area contributed by atoms with Crippen LogP contribution < -0.4 is 10.3 Å². The SMILES string of the molecule is CS(=O)(=O)c1ccc(-n2ccc(OC3CCC(C(=O)O)CC3)cc2=O)cc1. The lowest BCUT2D eigenvalue weighted by molar-refractivity contribution is -0.143. The van der Waals surface area contributed by atoms with E-state index in [1.54, 1.807) is 24.4 Å². The Morgan fingerprint density at radius 3 is 2.26 bits per heavy atom. The van der Waals surface area contributed by atoms with Gasteiger partial charge in [-0.1, -0.05) is 0 Å². The molecule has 2 aromatic rings. The number of benzene rings is 1. The number of aliphatic carboxylic acids is 1. The minimum atomic E-state index is -3.29. The van der Waals surface area contributed by atoms with Gasteiger partial charge in [0.1, 0.15) is 5.75 Å². The second-order valence-corrected chi connectivity index (χ2v) is 8.78. The Balaban J connectivity index is 1.71. The summed E-state index contributed by atoms with van der Waals surface area (Å²) in [5.74, 6) is -0.631. The molecule has 3 rings (SSSR count). The largest absolute Gasteiger partial charge is 0.490 e. The van der Waals surface area contributed by atoms with Gasteiger partial charge in [0.25, 0.3) is 5.56 Å². The number of hydrogen-bond donors (Lipinski definition) is 1. The van der Waals surface area contributed by atoms with Crippen molar-refractivity contribution in [1.82, 2.24) is 4.57 Å². The zero-order chi connectivity index (χ0) is 19.6. The minimum Gasteiger partial charge on any atom is -0.490 e. The Bertz CT molecular complexity index is 986. The van der Waals surface area contributed by atoms with Crippen LogP contribution in [0, 0.1) is 5.92 Å². The molecule has 144 valence electrons. The molecule has 1 aliphatic rings. The van der Waals surface area contributed by atoms with E-state index in [4.69, 9.17) is 9.84 Å². The number of nitrogens with zero attached hydrogens (tertiary/aromatic N) is 1. The van der Waals surface area contributed by atoms with Gasteiger partial charge in [-0.25, -0.2) is 8.42 Å². The lowest BCUT2D eigenvalue weighted by Crippen LogP contribution is -2.28. The van der Waals surface area contributed by atoms with Crippen molar-refractivity contribution in [3.05, 3.63) is 52.9 Å². The van der Waals surface area contributed by atoms with Crippen LogP contribution in [0.1, 0.15) is 25.7 Å². The first kappa shape index (κ1) is 19.2. The van der Waals surface area contributed by atoms with Crippen molar-refractivity contribution in [2.24, 2.45) is 5.92 Å². The molecule has 7 nitrogen and oxygen atoms in total. The highest BCUT2D eigenvalue weighted by Gasteiger charge is 2.27. The van der Waals surface area contributed by atoms with Gasteiger partial charge in [0.05, 0.1) is 16.9 Å². The molecule has 1 saturated carbocycles. The minimum absolute atomic E-state index is 0.0927. The molecule has 1 heterocycles. The van der Waals surface area contributed by atoms with E-state index in [1.165, 1.54) is 22.8 Å². The molecule has 1 aliphatic carbocycles. The van der Waals surface area contributed by atoms with Crippen molar-refractivity contribution in [3.8, 4) is 11.4 Å². The van der Waals surface area contributed by atoms with Crippen molar-refractivity contribution in [2.45, 2.75) is 36.7 Å². The first-order valence-corrected chi connectivity index (χ1v) is 10.6. The van der Waals surface area contributed by atoms with E-state index in [2.05, 4.69) is 0 Å². The molecule has 0 bridgehead atoms. The van der Waals surface area contributed by atoms with Crippen molar-refractivity contribution in [2.75, 3.05) is 6.26 Å². The third kappa shape index (κ3) is 4.57. The fraction of sp³-hybridized carbons (Fsp3) is 0.368. The summed E-state index contributed by atoms with van der Waals surface area (Å²) in [6.45, 7) is 0. The Morgan fingerprint density at radius 1 is 1.11 bits per heavy atom. The van der Waals surface area contributed by atoms with Crippen LogP contribution in [0.3, 0.4) is 0 Å². The van der Waals surface area contributed by atoms with Crippen LogP contribution in [0.25, 0.3) is 5.69 Å². The number of hydrogen-bond acceptors (Lipinski definition) is 5. The first-order chi connectivity index (χ1) is 12.7. The summed E-state index contributed by atoms with van der Waals surface area (Å²) in [6, 6.07) is 9.13. The standard InChI is InChI=1S/C19H21NO6S/c1-27(24,25)17-8-4-14(5-9-17)20-11-10-16(12-18(20)21)26-15-6-2-13(3-7-15)19(22)23/h4-5,8-13,15H,2-3,6-7H2,1H3,(H,22,23). The summed E-state index contributed by atoms with van der Waals surface area (Å²) in [7, 11) is -3.29. The molecule has 8 heteroatoms. The van der Waals surface area contributed by atoms with Gasteiger partial charge in [0.2, 0.25) is 0 Å². The fourth-order valence-corrected chi connectivity index (χ4v) is 3.85. The molecular weight excluding hydrogens is 370 g/mol. The zero-order valence-electron chi connectivity index (χ0n) is 14.9. The van der Waals surface area contributed by atoms with Gasteiger partial charge in [-0.2, -0.15) is 0 Å². The van der Waals surface area contributed by atoms with E-state index in [9.17, 15) is 18.0 Å². The zero-order valence-corrected chi connectivity index (χ0v) is 15.7. The lowest BCUT2D eigenvalue weighted by atomic mass is 9.87. The molecule has 0 radical (unpaired) electrons. The fourth-order valence-electron chi connectivity index (χ4n) is 3.22. The van der Waals surface area contributed by atoms with Crippen molar-refractivity contribution < 1.29 is 23.1 Å². The Kier molecular flexibility index (Phi) is 5.36. The van der Waals surface area contributed by atoms with Gasteiger partial charge in [-0.05, 0) is 56.0 Å². The second kappa shape index (κ2) is 7.56. The van der Waals surface area contributed by atoms with Gasteiger partial charge in [0, 0.05) is 24.2 Å². The molecule has 1 aromatic carbocycles. The van der Waals surface area contributed by atoms with Crippen molar-refractivity contribution in [3.63, 3.8) is 0 Å². The molecule has 0 aliphatic heterocycles. The Morgan fingerprint density at radius 2 is 1.74 bits per heavy atom. The van der Waals surface area contributed by atoms with Gasteiger partial charge in [0.15, 0.2) is 9.84 Å². The predicted molar refractivity (Wildman–Crippen MR) is 99.2 cm³/mol. The van der Waals surface area contributed by atoms with Crippen molar-refractivity contribution in [1.29, 1.82) is 0 Å².